The molecule has 202 valence electrons. The van der Waals surface area contributed by atoms with Gasteiger partial charge in [0.25, 0.3) is 5.91 Å². The lowest BCUT2D eigenvalue weighted by Gasteiger charge is -2.19. The molecule has 2 unspecified atom stereocenters. The lowest BCUT2D eigenvalue weighted by Crippen LogP contribution is -2.35. The summed E-state index contributed by atoms with van der Waals surface area (Å²) >= 11 is 0. The molecule has 0 radical (unpaired) electrons. The van der Waals surface area contributed by atoms with Crippen molar-refractivity contribution in [2.24, 2.45) is 11.8 Å². The predicted octanol–water partition coefficient (Wildman–Crippen LogP) is 4.03. The van der Waals surface area contributed by atoms with Crippen LogP contribution < -0.4 is 10.6 Å². The minimum Gasteiger partial charge on any atom is -0.352 e. The second-order valence-electron chi connectivity index (χ2n) is 10.3. The molecule has 8 heteroatoms. The van der Waals surface area contributed by atoms with E-state index in [0.717, 1.165) is 24.0 Å². The maximum absolute atomic E-state index is 13.2. The van der Waals surface area contributed by atoms with Crippen molar-refractivity contribution in [1.29, 1.82) is 0 Å². The van der Waals surface area contributed by atoms with Crippen LogP contribution in [0.2, 0.25) is 0 Å². The maximum atomic E-state index is 13.2. The quantitative estimate of drug-likeness (QED) is 0.399. The molecule has 2 N–H and O–H groups in total. The number of hydrogen-bond donors (Lipinski definition) is 2. The smallest absolute Gasteiger partial charge is 0.251 e. The minimum atomic E-state index is -3.65. The number of nitrogens with one attached hydrogen (secondary N) is 2. The maximum Gasteiger partial charge on any atom is 0.251 e. The molecule has 2 fully saturated rings. The first-order valence-electron chi connectivity index (χ1n) is 13.3. The molecule has 5 rings (SSSR count). The van der Waals surface area contributed by atoms with Crippen molar-refractivity contribution in [2.45, 2.75) is 30.2 Å². The lowest BCUT2D eigenvalue weighted by molar-refractivity contribution is -0.117. The summed E-state index contributed by atoms with van der Waals surface area (Å²) in [5.41, 5.74) is 3.86. The van der Waals surface area contributed by atoms with Gasteiger partial charge >= 0.3 is 0 Å². The molecule has 1 heterocycles. The van der Waals surface area contributed by atoms with Crippen LogP contribution >= 0.6 is 0 Å². The van der Waals surface area contributed by atoms with E-state index in [1.807, 2.05) is 18.2 Å². The van der Waals surface area contributed by atoms with Crippen molar-refractivity contribution in [2.75, 3.05) is 19.6 Å². The third-order valence-corrected chi connectivity index (χ3v) is 9.61. The van der Waals surface area contributed by atoms with E-state index in [1.165, 1.54) is 28.1 Å². The molecule has 39 heavy (non-hydrogen) atoms. The first kappa shape index (κ1) is 26.8. The normalized spacial score (nSPS) is 20.8. The van der Waals surface area contributed by atoms with Crippen molar-refractivity contribution >= 4 is 21.8 Å². The van der Waals surface area contributed by atoms with E-state index in [-0.39, 0.29) is 34.6 Å². The molecule has 1 saturated heterocycles. The van der Waals surface area contributed by atoms with E-state index in [9.17, 15) is 18.0 Å². The molecule has 0 bridgehead atoms. The van der Waals surface area contributed by atoms with Crippen LogP contribution in [0.1, 0.15) is 28.8 Å². The summed E-state index contributed by atoms with van der Waals surface area (Å²) in [4.78, 5) is 24.4. The zero-order valence-electron chi connectivity index (χ0n) is 21.8. The topological polar surface area (TPSA) is 95.6 Å². The number of benzene rings is 3. The van der Waals surface area contributed by atoms with E-state index in [2.05, 4.69) is 53.6 Å². The van der Waals surface area contributed by atoms with Gasteiger partial charge < -0.3 is 10.6 Å². The van der Waals surface area contributed by atoms with Crippen molar-refractivity contribution in [3.63, 3.8) is 0 Å². The Morgan fingerprint density at radius 2 is 1.49 bits per heavy atom. The molecule has 3 aromatic rings. The highest BCUT2D eigenvalue weighted by Crippen LogP contribution is 2.40. The van der Waals surface area contributed by atoms with E-state index in [4.69, 9.17) is 0 Å². The molecular formula is C31H33N3O4S. The van der Waals surface area contributed by atoms with E-state index in [1.54, 1.807) is 12.1 Å². The number of rotatable bonds is 9. The van der Waals surface area contributed by atoms with Gasteiger partial charge in [-0.05, 0) is 78.1 Å². The third-order valence-electron chi connectivity index (χ3n) is 7.76. The molecule has 7 nitrogen and oxygen atoms in total. The first-order valence-corrected chi connectivity index (χ1v) is 14.7. The fourth-order valence-corrected chi connectivity index (χ4v) is 7.23. The summed E-state index contributed by atoms with van der Waals surface area (Å²) in [5, 5.41) is 5.85. The van der Waals surface area contributed by atoms with Crippen molar-refractivity contribution < 1.29 is 18.0 Å². The zero-order chi connectivity index (χ0) is 27.4. The van der Waals surface area contributed by atoms with Crippen molar-refractivity contribution in [1.82, 2.24) is 14.9 Å². The highest BCUT2D eigenvalue weighted by atomic mass is 32.2. The Bertz CT molecular complexity index is 1420. The molecular weight excluding hydrogens is 510 g/mol. The van der Waals surface area contributed by atoms with Gasteiger partial charge in [0, 0.05) is 31.2 Å². The zero-order valence-corrected chi connectivity index (χ0v) is 22.6. The summed E-state index contributed by atoms with van der Waals surface area (Å²) in [6, 6.07) is 24.7. The summed E-state index contributed by atoms with van der Waals surface area (Å²) in [5.74, 6) is 0.0400. The highest BCUT2D eigenvalue weighted by molar-refractivity contribution is 7.89. The lowest BCUT2D eigenvalue weighted by atomic mass is 10.0. The van der Waals surface area contributed by atoms with Gasteiger partial charge in [0.05, 0.1) is 4.90 Å². The highest BCUT2D eigenvalue weighted by Gasteiger charge is 2.45. The number of carbonyl (C=O) groups is 2. The summed E-state index contributed by atoms with van der Waals surface area (Å²) in [6.45, 7) is 4.86. The first-order chi connectivity index (χ1) is 18.8. The van der Waals surface area contributed by atoms with Gasteiger partial charge in [-0.15, -0.1) is 0 Å². The molecule has 2 atom stereocenters. The van der Waals surface area contributed by atoms with Gasteiger partial charge in [0.15, 0.2) is 0 Å². The number of nitrogens with zero attached hydrogens (tertiary/aromatic N) is 1. The van der Waals surface area contributed by atoms with Crippen LogP contribution in [0.25, 0.3) is 11.1 Å². The Labute approximate surface area is 230 Å². The molecule has 1 aliphatic heterocycles. The Morgan fingerprint density at radius 1 is 0.872 bits per heavy atom. The second-order valence-corrected chi connectivity index (χ2v) is 12.3. The number of hydrogen-bond acceptors (Lipinski definition) is 4. The molecule has 2 amide bonds. The van der Waals surface area contributed by atoms with Gasteiger partial charge in [-0.25, -0.2) is 8.42 Å². The van der Waals surface area contributed by atoms with Crippen LogP contribution in [0.3, 0.4) is 0 Å². The number of carbonyl (C=O) groups excluding carboxylic acids is 2. The van der Waals surface area contributed by atoms with Crippen LogP contribution in [0.4, 0.5) is 0 Å². The Hall–Kier alpha value is -3.75. The molecule has 3 aromatic carbocycles. The standard InChI is InChI=1S/C31H33N3O4S/c1-2-30(35)33-28-18-26-20-34(21-27(26)19-28)39(37,38)29-14-12-25(13-15-29)31(36)32-17-16-22-8-10-24(11-9-22)23-6-4-3-5-7-23/h2-15,26-28H,1,16-21H2,(H,32,36)(H,33,35). The van der Waals surface area contributed by atoms with E-state index >= 15 is 0 Å². The van der Waals surface area contributed by atoms with Gasteiger partial charge in [0.2, 0.25) is 15.9 Å². The summed E-state index contributed by atoms with van der Waals surface area (Å²) < 4.78 is 28.0. The van der Waals surface area contributed by atoms with E-state index in [0.29, 0.717) is 31.6 Å². The molecule has 2 aliphatic rings. The predicted molar refractivity (Wildman–Crippen MR) is 151 cm³/mol. The summed E-state index contributed by atoms with van der Waals surface area (Å²) in [7, 11) is -3.65. The Kier molecular flexibility index (Phi) is 7.95. The van der Waals surface area contributed by atoms with Crippen molar-refractivity contribution in [3.8, 4) is 11.1 Å². The molecule has 0 aromatic heterocycles. The SMILES string of the molecule is C=CC(=O)NC1CC2CN(S(=O)(=O)c3ccc(C(=O)NCCc4ccc(-c5ccccc5)cc4)cc3)CC2C1. The molecule has 1 saturated carbocycles. The van der Waals surface area contributed by atoms with Crippen LogP contribution in [0.15, 0.2) is 96.4 Å². The Morgan fingerprint density at radius 3 is 2.10 bits per heavy atom. The van der Waals surface area contributed by atoms with Gasteiger partial charge in [-0.1, -0.05) is 61.2 Å². The summed E-state index contributed by atoms with van der Waals surface area (Å²) in [6.07, 6.45) is 3.50. The number of amides is 2. The van der Waals surface area contributed by atoms with Crippen LogP contribution in [0.5, 0.6) is 0 Å². The molecule has 0 spiro atoms. The second kappa shape index (κ2) is 11.6. The largest absolute Gasteiger partial charge is 0.352 e. The average molecular weight is 544 g/mol. The fourth-order valence-electron chi connectivity index (χ4n) is 5.68. The Balaban J connectivity index is 1.11. The van der Waals surface area contributed by atoms with Gasteiger partial charge in [-0.3, -0.25) is 9.59 Å². The monoisotopic (exact) mass is 543 g/mol. The fraction of sp³-hybridized carbons (Fsp3) is 0.290. The number of fused-ring (bicyclic) bond motifs is 1. The average Bonchev–Trinajstić information content (AvgIpc) is 3.53. The van der Waals surface area contributed by atoms with E-state index < -0.39 is 10.0 Å². The van der Waals surface area contributed by atoms with Crippen LogP contribution in [-0.2, 0) is 21.2 Å². The van der Waals surface area contributed by atoms with Gasteiger partial charge in [0.1, 0.15) is 0 Å². The molecule has 1 aliphatic carbocycles. The minimum absolute atomic E-state index is 0.0711. The van der Waals surface area contributed by atoms with Crippen LogP contribution in [-0.4, -0.2) is 50.2 Å². The van der Waals surface area contributed by atoms with Crippen LogP contribution in [0, 0.1) is 11.8 Å². The number of sulfonamides is 1. The van der Waals surface area contributed by atoms with Crippen molar-refractivity contribution in [3.05, 3.63) is 103 Å². The third kappa shape index (κ3) is 6.13. The van der Waals surface area contributed by atoms with Gasteiger partial charge in [-0.2, -0.15) is 4.31 Å².